The zero-order valence-corrected chi connectivity index (χ0v) is 8.59. The van der Waals surface area contributed by atoms with Gasteiger partial charge >= 0.3 is 11.9 Å². The van der Waals surface area contributed by atoms with Gasteiger partial charge in [-0.2, -0.15) is 0 Å². The molecule has 4 heteroatoms. The zero-order chi connectivity index (χ0) is 12.0. The Labute approximate surface area is 92.8 Å². The average molecular weight is 220 g/mol. The Morgan fingerprint density at radius 2 is 1.94 bits per heavy atom. The third kappa shape index (κ3) is 4.41. The Balaban J connectivity index is 2.70. The lowest BCUT2D eigenvalue weighted by atomic mass is 10.1. The van der Waals surface area contributed by atoms with Crippen LogP contribution in [-0.4, -0.2) is 22.2 Å². The van der Waals surface area contributed by atoms with E-state index in [2.05, 4.69) is 0 Å². The summed E-state index contributed by atoms with van der Waals surface area (Å²) in [6, 6.07) is 7.00. The number of rotatable bonds is 5. The van der Waals surface area contributed by atoms with Crippen LogP contribution in [-0.2, 0) is 16.0 Å². The van der Waals surface area contributed by atoms with E-state index in [1.165, 1.54) is 6.08 Å². The van der Waals surface area contributed by atoms with Gasteiger partial charge in [-0.25, -0.2) is 0 Å². The van der Waals surface area contributed by atoms with Crippen molar-refractivity contribution < 1.29 is 19.8 Å². The summed E-state index contributed by atoms with van der Waals surface area (Å²) in [5.41, 5.74) is 1.50. The Hall–Kier alpha value is -2.10. The fourth-order valence-corrected chi connectivity index (χ4v) is 1.28. The number of aliphatic carboxylic acids is 2. The highest BCUT2D eigenvalue weighted by Crippen LogP contribution is 2.08. The molecule has 1 rings (SSSR count). The zero-order valence-electron chi connectivity index (χ0n) is 8.59. The topological polar surface area (TPSA) is 74.6 Å². The maximum Gasteiger partial charge on any atom is 0.307 e. The second-order valence-electron chi connectivity index (χ2n) is 3.32. The van der Waals surface area contributed by atoms with Gasteiger partial charge in [0.15, 0.2) is 0 Å². The van der Waals surface area contributed by atoms with Crippen molar-refractivity contribution in [3.05, 3.63) is 41.5 Å². The van der Waals surface area contributed by atoms with Gasteiger partial charge in [0.2, 0.25) is 0 Å². The molecule has 84 valence electrons. The molecule has 0 fully saturated rings. The van der Waals surface area contributed by atoms with E-state index in [1.807, 2.05) is 0 Å². The Morgan fingerprint density at radius 3 is 2.56 bits per heavy atom. The highest BCUT2D eigenvalue weighted by Gasteiger charge is 1.99. The van der Waals surface area contributed by atoms with Gasteiger partial charge in [0.1, 0.15) is 0 Å². The first-order valence-corrected chi connectivity index (χ1v) is 4.77. The third-order valence-electron chi connectivity index (χ3n) is 1.91. The molecule has 0 heterocycles. The number of hydrogen-bond donors (Lipinski definition) is 2. The first kappa shape index (κ1) is 12.0. The number of carboxylic acids is 2. The minimum Gasteiger partial charge on any atom is -0.481 e. The molecule has 0 aliphatic heterocycles. The summed E-state index contributed by atoms with van der Waals surface area (Å²) >= 11 is 0. The normalized spacial score (nSPS) is 10.5. The van der Waals surface area contributed by atoms with Gasteiger partial charge in [-0.15, -0.1) is 0 Å². The average Bonchev–Trinajstić information content (AvgIpc) is 2.16. The monoisotopic (exact) mass is 220 g/mol. The number of carboxylic acid groups (broad SMARTS) is 2. The van der Waals surface area contributed by atoms with Crippen molar-refractivity contribution in [3.63, 3.8) is 0 Å². The second-order valence-corrected chi connectivity index (χ2v) is 3.32. The van der Waals surface area contributed by atoms with Crippen molar-refractivity contribution in [2.75, 3.05) is 0 Å². The molecule has 0 aliphatic carbocycles. The Kier molecular flexibility index (Phi) is 4.27. The van der Waals surface area contributed by atoms with E-state index >= 15 is 0 Å². The number of benzene rings is 1. The van der Waals surface area contributed by atoms with Crippen molar-refractivity contribution in [2.24, 2.45) is 0 Å². The molecule has 0 aromatic heterocycles. The van der Waals surface area contributed by atoms with Crippen LogP contribution in [0.25, 0.3) is 6.08 Å². The van der Waals surface area contributed by atoms with Gasteiger partial charge < -0.3 is 10.2 Å². The van der Waals surface area contributed by atoms with Crippen LogP contribution in [0.3, 0.4) is 0 Å². The van der Waals surface area contributed by atoms with Gasteiger partial charge in [-0.1, -0.05) is 36.4 Å². The Morgan fingerprint density at radius 1 is 1.19 bits per heavy atom. The fraction of sp³-hybridized carbons (Fsp3) is 0.167. The molecule has 1 aromatic rings. The van der Waals surface area contributed by atoms with Crippen LogP contribution < -0.4 is 0 Å². The first-order valence-electron chi connectivity index (χ1n) is 4.77. The standard InChI is InChI=1S/C12H12O4/c13-11(14)6-2-4-9-3-1-5-10(7-9)8-12(15)16/h1-5,7H,6,8H2,(H,13,14)(H,15,16). The molecule has 16 heavy (non-hydrogen) atoms. The van der Waals surface area contributed by atoms with E-state index in [1.54, 1.807) is 30.3 Å². The van der Waals surface area contributed by atoms with Crippen LogP contribution in [0.5, 0.6) is 0 Å². The summed E-state index contributed by atoms with van der Waals surface area (Å²) in [7, 11) is 0. The van der Waals surface area contributed by atoms with E-state index in [4.69, 9.17) is 10.2 Å². The predicted octanol–water partition coefficient (Wildman–Crippen LogP) is 1.80. The maximum absolute atomic E-state index is 10.5. The molecule has 4 nitrogen and oxygen atoms in total. The summed E-state index contributed by atoms with van der Waals surface area (Å²) in [6.07, 6.45) is 3.13. The van der Waals surface area contributed by atoms with Gasteiger partial charge in [0.25, 0.3) is 0 Å². The number of hydrogen-bond acceptors (Lipinski definition) is 2. The lowest BCUT2D eigenvalue weighted by Gasteiger charge is -1.98. The van der Waals surface area contributed by atoms with Crippen LogP contribution in [0.4, 0.5) is 0 Å². The van der Waals surface area contributed by atoms with Crippen LogP contribution in [0.1, 0.15) is 17.5 Å². The molecule has 0 saturated carbocycles. The lowest BCUT2D eigenvalue weighted by molar-refractivity contribution is -0.137. The first-order chi connectivity index (χ1) is 7.58. The largest absolute Gasteiger partial charge is 0.481 e. The molecule has 0 atom stereocenters. The van der Waals surface area contributed by atoms with Crippen LogP contribution in [0, 0.1) is 0 Å². The van der Waals surface area contributed by atoms with Crippen molar-refractivity contribution in [1.29, 1.82) is 0 Å². The molecule has 0 saturated heterocycles. The molecule has 0 bridgehead atoms. The quantitative estimate of drug-likeness (QED) is 0.793. The van der Waals surface area contributed by atoms with Gasteiger partial charge in [0.05, 0.1) is 12.8 Å². The van der Waals surface area contributed by atoms with Gasteiger partial charge in [-0.05, 0) is 11.1 Å². The molecule has 2 N–H and O–H groups in total. The minimum atomic E-state index is -0.891. The molecule has 0 spiro atoms. The molecule has 0 aliphatic rings. The molecule has 0 unspecified atom stereocenters. The van der Waals surface area contributed by atoms with Gasteiger partial charge in [-0.3, -0.25) is 9.59 Å². The fourth-order valence-electron chi connectivity index (χ4n) is 1.28. The molecule has 0 amide bonds. The lowest BCUT2D eigenvalue weighted by Crippen LogP contribution is -1.99. The summed E-state index contributed by atoms with van der Waals surface area (Å²) in [6.45, 7) is 0. The summed E-state index contributed by atoms with van der Waals surface area (Å²) in [5, 5.41) is 17.0. The molecular weight excluding hydrogens is 208 g/mol. The van der Waals surface area contributed by atoms with Crippen molar-refractivity contribution in [3.8, 4) is 0 Å². The number of carbonyl (C=O) groups is 2. The van der Waals surface area contributed by atoms with Crippen LogP contribution in [0.15, 0.2) is 30.3 Å². The molecule has 1 aromatic carbocycles. The third-order valence-corrected chi connectivity index (χ3v) is 1.91. The predicted molar refractivity (Wildman–Crippen MR) is 59.1 cm³/mol. The Bertz CT molecular complexity index is 421. The van der Waals surface area contributed by atoms with E-state index < -0.39 is 11.9 Å². The second kappa shape index (κ2) is 5.70. The van der Waals surface area contributed by atoms with Crippen molar-refractivity contribution in [2.45, 2.75) is 12.8 Å². The smallest absolute Gasteiger partial charge is 0.307 e. The van der Waals surface area contributed by atoms with E-state index in [-0.39, 0.29) is 12.8 Å². The summed E-state index contributed by atoms with van der Waals surface area (Å²) in [4.78, 5) is 20.8. The molecular formula is C12H12O4. The highest BCUT2D eigenvalue weighted by molar-refractivity contribution is 5.71. The SMILES string of the molecule is O=C(O)CC=Cc1cccc(CC(=O)O)c1. The van der Waals surface area contributed by atoms with Crippen molar-refractivity contribution >= 4 is 18.0 Å². The minimum absolute atomic E-state index is 0.0272. The van der Waals surface area contributed by atoms with Crippen molar-refractivity contribution in [1.82, 2.24) is 0 Å². The summed E-state index contributed by atoms with van der Waals surface area (Å²) < 4.78 is 0. The molecule has 0 radical (unpaired) electrons. The van der Waals surface area contributed by atoms with Crippen LogP contribution >= 0.6 is 0 Å². The van der Waals surface area contributed by atoms with E-state index in [0.717, 1.165) is 5.56 Å². The van der Waals surface area contributed by atoms with Gasteiger partial charge in [0, 0.05) is 0 Å². The van der Waals surface area contributed by atoms with E-state index in [0.29, 0.717) is 5.56 Å². The van der Waals surface area contributed by atoms with E-state index in [9.17, 15) is 9.59 Å². The van der Waals surface area contributed by atoms with Crippen LogP contribution in [0.2, 0.25) is 0 Å². The maximum atomic E-state index is 10.5. The highest BCUT2D eigenvalue weighted by atomic mass is 16.4. The summed E-state index contributed by atoms with van der Waals surface area (Å²) in [5.74, 6) is -1.77.